The molecule has 0 aliphatic rings. The second kappa shape index (κ2) is 9.38. The Morgan fingerprint density at radius 1 is 1.00 bits per heavy atom. The molecule has 0 aromatic heterocycles. The van der Waals surface area contributed by atoms with Crippen LogP contribution in [0.5, 0.6) is 0 Å². The Hall–Kier alpha value is -0.714. The first-order valence-corrected chi connectivity index (χ1v) is 2.37. The maximum Gasteiger partial charge on any atom is 3.00 e. The summed E-state index contributed by atoms with van der Waals surface area (Å²) in [7, 11) is 0. The molecule has 0 spiro atoms. The van der Waals surface area contributed by atoms with Crippen molar-refractivity contribution in [3.8, 4) is 0 Å². The van der Waals surface area contributed by atoms with Crippen LogP contribution in [0.3, 0.4) is 0 Å². The number of amidine groups is 2. The van der Waals surface area contributed by atoms with Gasteiger partial charge in [-0.1, -0.05) is 0 Å². The van der Waals surface area contributed by atoms with Crippen LogP contribution >= 0.6 is 0 Å². The Bertz CT molecular complexity index is 138. The van der Waals surface area contributed by atoms with Gasteiger partial charge in [-0.15, -0.1) is 0 Å². The van der Waals surface area contributed by atoms with Crippen molar-refractivity contribution in [3.05, 3.63) is 0 Å². The molecule has 0 saturated heterocycles. The molecule has 0 bridgehead atoms. The third kappa shape index (κ3) is 7.64. The first-order valence-electron chi connectivity index (χ1n) is 2.37. The number of hydrogen-bond donors (Lipinski definition) is 8. The van der Waals surface area contributed by atoms with Gasteiger partial charge in [-0.2, -0.15) is 0 Å². The average molecular weight is 239 g/mol. The molecule has 0 fully saturated rings. The summed E-state index contributed by atoms with van der Waals surface area (Å²) in [5, 5.41) is 13.7. The zero-order valence-corrected chi connectivity index (χ0v) is 8.73. The van der Waals surface area contributed by atoms with Crippen LogP contribution in [0, 0.1) is 10.8 Å². The van der Waals surface area contributed by atoms with Gasteiger partial charge in [-0.3, -0.25) is 10.8 Å². The van der Waals surface area contributed by atoms with Crippen LogP contribution in [-0.4, -0.2) is 17.2 Å². The molecule has 0 rings (SSSR count). The number of nitrogens with one attached hydrogen (secondary N) is 2. The van der Waals surface area contributed by atoms with Crippen molar-refractivity contribution in [2.75, 3.05) is 0 Å². The number of nitrogens with two attached hydrogens (primary N) is 3. The Labute approximate surface area is 88.0 Å². The van der Waals surface area contributed by atoms with Gasteiger partial charge in [0.2, 0.25) is 0 Å². The summed E-state index contributed by atoms with van der Waals surface area (Å²) < 4.78 is 0. The van der Waals surface area contributed by atoms with Gasteiger partial charge in [0.25, 0.3) is 0 Å². The van der Waals surface area contributed by atoms with Gasteiger partial charge in [0, 0.05) is 0 Å². The van der Waals surface area contributed by atoms with Gasteiger partial charge in [0.1, 0.15) is 17.2 Å². The summed E-state index contributed by atoms with van der Waals surface area (Å²) >= 11 is 0. The molecule has 9 heteroatoms. The van der Waals surface area contributed by atoms with Crippen LogP contribution in [-0.2, 0) is 16.8 Å². The van der Waals surface area contributed by atoms with Crippen LogP contribution in [0.1, 0.15) is 6.92 Å². The molecule has 82 valence electrons. The largest absolute Gasteiger partial charge is 3.00 e. The minimum absolute atomic E-state index is 0. The van der Waals surface area contributed by atoms with E-state index in [1.807, 2.05) is 0 Å². The molecule has 0 aliphatic carbocycles. The van der Waals surface area contributed by atoms with Crippen LogP contribution in [0.2, 0.25) is 0 Å². The SMILES string of the molecule is CC(N)(C(=N)N)C(=N)N.N.N.N.[Co+3]. The Morgan fingerprint density at radius 3 is 1.15 bits per heavy atom. The molecular weight excluding hydrogens is 219 g/mol. The standard InChI is InChI=1S/C4H11N5.Co.3H3N/c1-4(9,2(5)6)3(7)8;;;;/h9H2,1H3,(H3,5,6)(H3,7,8);;3*1H3/q;+3;;;. The van der Waals surface area contributed by atoms with Gasteiger partial charge in [0.15, 0.2) is 0 Å². The molecule has 8 nitrogen and oxygen atoms in total. The molecule has 0 saturated carbocycles. The van der Waals surface area contributed by atoms with Crippen molar-refractivity contribution in [1.29, 1.82) is 10.8 Å². The normalized spacial score (nSPS) is 11.2. The maximum absolute atomic E-state index is 6.86. The Morgan fingerprint density at radius 2 is 1.15 bits per heavy atom. The van der Waals surface area contributed by atoms with Crippen molar-refractivity contribution in [1.82, 2.24) is 18.5 Å². The fourth-order valence-corrected chi connectivity index (χ4v) is 0.145. The van der Waals surface area contributed by atoms with Crippen molar-refractivity contribution >= 4 is 11.7 Å². The second-order valence-electron chi connectivity index (χ2n) is 2.03. The van der Waals surface area contributed by atoms with Crippen molar-refractivity contribution in [3.63, 3.8) is 0 Å². The zero-order chi connectivity index (χ0) is 7.65. The zero-order valence-electron chi connectivity index (χ0n) is 7.69. The smallest absolute Gasteiger partial charge is 0.386 e. The third-order valence-electron chi connectivity index (χ3n) is 1.12. The van der Waals surface area contributed by atoms with Crippen LogP contribution < -0.4 is 35.7 Å². The molecule has 0 aliphatic heterocycles. The molecule has 0 heterocycles. The summed E-state index contributed by atoms with van der Waals surface area (Å²) in [6, 6.07) is 0. The summed E-state index contributed by atoms with van der Waals surface area (Å²) in [6.07, 6.45) is 0. The maximum atomic E-state index is 6.86. The predicted octanol–water partition coefficient (Wildman–Crippen LogP) is -0.941. The van der Waals surface area contributed by atoms with E-state index in [4.69, 9.17) is 28.0 Å². The molecule has 0 unspecified atom stereocenters. The van der Waals surface area contributed by atoms with Crippen LogP contribution in [0.15, 0.2) is 0 Å². The molecule has 0 amide bonds. The topological polar surface area (TPSA) is 231 Å². The fourth-order valence-electron chi connectivity index (χ4n) is 0.145. The van der Waals surface area contributed by atoms with Crippen LogP contribution in [0.25, 0.3) is 0 Å². The Balaban J connectivity index is -0.0000000533. The van der Waals surface area contributed by atoms with E-state index in [2.05, 4.69) is 0 Å². The van der Waals surface area contributed by atoms with E-state index in [0.29, 0.717) is 0 Å². The van der Waals surface area contributed by atoms with E-state index in [-0.39, 0.29) is 46.9 Å². The van der Waals surface area contributed by atoms with Crippen LogP contribution in [0.4, 0.5) is 0 Å². The van der Waals surface area contributed by atoms with E-state index in [1.165, 1.54) is 6.92 Å². The summed E-state index contributed by atoms with van der Waals surface area (Å²) in [5.74, 6) is -0.593. The molecule has 0 aromatic carbocycles. The molecular formula is C4H20CoN8+3. The number of hydrogen-bond acceptors (Lipinski definition) is 6. The van der Waals surface area contributed by atoms with E-state index in [0.717, 1.165) is 0 Å². The van der Waals surface area contributed by atoms with E-state index >= 15 is 0 Å². The van der Waals surface area contributed by atoms with Gasteiger partial charge < -0.3 is 35.7 Å². The molecule has 13 heavy (non-hydrogen) atoms. The van der Waals surface area contributed by atoms with Gasteiger partial charge in [0.05, 0.1) is 0 Å². The van der Waals surface area contributed by atoms with E-state index < -0.39 is 5.54 Å². The summed E-state index contributed by atoms with van der Waals surface area (Å²) in [5.41, 5.74) is 14.0. The second-order valence-corrected chi connectivity index (χ2v) is 2.03. The minimum atomic E-state index is -1.28. The van der Waals surface area contributed by atoms with E-state index in [1.54, 1.807) is 0 Å². The average Bonchev–Trinajstić information content (AvgIpc) is 1.65. The van der Waals surface area contributed by atoms with Crippen molar-refractivity contribution in [2.24, 2.45) is 17.2 Å². The van der Waals surface area contributed by atoms with Gasteiger partial charge in [-0.05, 0) is 6.92 Å². The minimum Gasteiger partial charge on any atom is -0.386 e. The predicted molar refractivity (Wildman–Crippen MR) is 51.5 cm³/mol. The Kier molecular flexibility index (Phi) is 21.3. The van der Waals surface area contributed by atoms with E-state index in [9.17, 15) is 0 Å². The molecule has 0 atom stereocenters. The van der Waals surface area contributed by atoms with Gasteiger partial charge >= 0.3 is 16.8 Å². The summed E-state index contributed by atoms with van der Waals surface area (Å²) in [6.45, 7) is 1.41. The summed E-state index contributed by atoms with van der Waals surface area (Å²) in [4.78, 5) is 0. The molecule has 17 N–H and O–H groups in total. The van der Waals surface area contributed by atoms with Crippen molar-refractivity contribution in [2.45, 2.75) is 12.5 Å². The fraction of sp³-hybridized carbons (Fsp3) is 0.500. The monoisotopic (exact) mass is 239 g/mol. The first kappa shape index (κ1) is 29.5. The third-order valence-corrected chi connectivity index (χ3v) is 1.12. The number of rotatable bonds is 2. The van der Waals surface area contributed by atoms with Crippen molar-refractivity contribution < 1.29 is 16.8 Å². The molecule has 0 radical (unpaired) electrons. The van der Waals surface area contributed by atoms with Gasteiger partial charge in [-0.25, -0.2) is 0 Å². The first-order chi connectivity index (χ1) is 3.89. The molecule has 0 aromatic rings. The quantitative estimate of drug-likeness (QED) is 0.223.